The fraction of sp³-hybridized carbons (Fsp3) is 0.350. The number of rotatable bonds is 4. The van der Waals surface area contributed by atoms with Crippen molar-refractivity contribution in [3.63, 3.8) is 0 Å². The molecule has 0 radical (unpaired) electrons. The summed E-state index contributed by atoms with van der Waals surface area (Å²) in [5.41, 5.74) is 5.61. The maximum atomic E-state index is 13.0. The molecule has 0 fully saturated rings. The Morgan fingerprint density at radius 2 is 1.65 bits per heavy atom. The summed E-state index contributed by atoms with van der Waals surface area (Å²) in [6.45, 7) is 10.0. The quantitative estimate of drug-likeness (QED) is 0.891. The van der Waals surface area contributed by atoms with Gasteiger partial charge in [-0.15, -0.1) is 0 Å². The summed E-state index contributed by atoms with van der Waals surface area (Å²) in [6, 6.07) is 7.28. The third-order valence-electron chi connectivity index (χ3n) is 5.15. The second kappa shape index (κ2) is 6.43. The van der Waals surface area contributed by atoms with Crippen molar-refractivity contribution in [3.05, 3.63) is 52.1 Å². The highest BCUT2D eigenvalue weighted by atomic mass is 32.2. The lowest BCUT2D eigenvalue weighted by molar-refractivity contribution is -0.117. The number of nitrogens with zero attached hydrogens (tertiary/aromatic N) is 1. The normalized spacial score (nSPS) is 13.9. The minimum Gasteiger partial charge on any atom is -0.312 e. The van der Waals surface area contributed by atoms with Crippen molar-refractivity contribution < 1.29 is 13.2 Å². The second-order valence-electron chi connectivity index (χ2n) is 6.85. The van der Waals surface area contributed by atoms with Crippen LogP contribution < -0.4 is 9.62 Å². The first kappa shape index (κ1) is 18.5. The van der Waals surface area contributed by atoms with E-state index in [4.69, 9.17) is 0 Å². The molecular formula is C20H24N2O3S. The smallest absolute Gasteiger partial charge is 0.262 e. The van der Waals surface area contributed by atoms with Gasteiger partial charge in [0.2, 0.25) is 5.91 Å². The van der Waals surface area contributed by atoms with Gasteiger partial charge in [0.05, 0.1) is 11.3 Å². The zero-order valence-electron chi connectivity index (χ0n) is 15.8. The van der Waals surface area contributed by atoms with Gasteiger partial charge in [-0.1, -0.05) is 6.07 Å². The number of hydrogen-bond donors (Lipinski definition) is 1. The standard InChI is InChI=1S/C20H24N2O3S/c1-6-22-18-8-7-17(10-16(18)11-19(22)23)21-26(24,25)20-14(4)12(2)9-13(3)15(20)5/h7-10,21H,6,11H2,1-5H3. The van der Waals surface area contributed by atoms with E-state index < -0.39 is 10.0 Å². The van der Waals surface area contributed by atoms with Crippen LogP contribution in [0.4, 0.5) is 11.4 Å². The number of aryl methyl sites for hydroxylation is 2. The third-order valence-corrected chi connectivity index (χ3v) is 6.80. The monoisotopic (exact) mass is 372 g/mol. The molecule has 26 heavy (non-hydrogen) atoms. The number of anilines is 2. The molecule has 2 aromatic carbocycles. The Morgan fingerprint density at radius 3 is 2.23 bits per heavy atom. The molecule has 1 heterocycles. The van der Waals surface area contributed by atoms with Crippen molar-refractivity contribution >= 4 is 27.3 Å². The Labute approximate surface area is 155 Å². The van der Waals surface area contributed by atoms with Crippen LogP contribution >= 0.6 is 0 Å². The van der Waals surface area contributed by atoms with Crippen LogP contribution in [-0.4, -0.2) is 20.9 Å². The number of likely N-dealkylation sites (N-methyl/N-ethyl adjacent to an activating group) is 1. The van der Waals surface area contributed by atoms with Gasteiger partial charge >= 0.3 is 0 Å². The first-order valence-corrected chi connectivity index (χ1v) is 10.2. The number of fused-ring (bicyclic) bond motifs is 1. The van der Waals surface area contributed by atoms with E-state index >= 15 is 0 Å². The minimum atomic E-state index is -3.72. The van der Waals surface area contributed by atoms with Crippen LogP contribution in [-0.2, 0) is 21.2 Å². The van der Waals surface area contributed by atoms with Gasteiger partial charge in [0, 0.05) is 17.9 Å². The van der Waals surface area contributed by atoms with Crippen LogP contribution in [0.3, 0.4) is 0 Å². The predicted molar refractivity (Wildman–Crippen MR) is 104 cm³/mol. The Bertz CT molecular complexity index is 984. The van der Waals surface area contributed by atoms with E-state index in [0.29, 0.717) is 23.5 Å². The molecular weight excluding hydrogens is 348 g/mol. The molecule has 6 heteroatoms. The first-order valence-electron chi connectivity index (χ1n) is 8.69. The summed E-state index contributed by atoms with van der Waals surface area (Å²) >= 11 is 0. The zero-order valence-corrected chi connectivity index (χ0v) is 16.6. The molecule has 5 nitrogen and oxygen atoms in total. The highest BCUT2D eigenvalue weighted by molar-refractivity contribution is 7.92. The fourth-order valence-electron chi connectivity index (χ4n) is 3.58. The Morgan fingerprint density at radius 1 is 1.04 bits per heavy atom. The molecule has 0 spiro atoms. The van der Waals surface area contributed by atoms with Crippen LogP contribution in [0, 0.1) is 27.7 Å². The predicted octanol–water partition coefficient (Wildman–Crippen LogP) is 3.63. The molecule has 0 saturated carbocycles. The van der Waals surface area contributed by atoms with Crippen LogP contribution in [0.2, 0.25) is 0 Å². The lowest BCUT2D eigenvalue weighted by atomic mass is 10.0. The molecule has 0 saturated heterocycles. The summed E-state index contributed by atoms with van der Waals surface area (Å²) in [6.07, 6.45) is 0.306. The maximum absolute atomic E-state index is 13.0. The average Bonchev–Trinajstić information content (AvgIpc) is 2.86. The van der Waals surface area contributed by atoms with Crippen molar-refractivity contribution in [2.75, 3.05) is 16.2 Å². The van der Waals surface area contributed by atoms with Crippen molar-refractivity contribution in [1.82, 2.24) is 0 Å². The number of benzene rings is 2. The molecule has 1 amide bonds. The first-order chi connectivity index (χ1) is 12.2. The molecule has 1 aliphatic rings. The van der Waals surface area contributed by atoms with Gasteiger partial charge in [-0.05, 0) is 80.6 Å². The van der Waals surface area contributed by atoms with E-state index in [1.54, 1.807) is 17.0 Å². The topological polar surface area (TPSA) is 66.5 Å². The maximum Gasteiger partial charge on any atom is 0.262 e. The molecule has 0 aromatic heterocycles. The van der Waals surface area contributed by atoms with Crippen LogP contribution in [0.1, 0.15) is 34.7 Å². The molecule has 1 N–H and O–H groups in total. The number of amides is 1. The van der Waals surface area contributed by atoms with E-state index in [2.05, 4.69) is 4.72 Å². The van der Waals surface area contributed by atoms with E-state index in [1.807, 2.05) is 46.8 Å². The molecule has 2 aromatic rings. The third kappa shape index (κ3) is 2.98. The van der Waals surface area contributed by atoms with Gasteiger partial charge in [0.15, 0.2) is 0 Å². The molecule has 0 atom stereocenters. The highest BCUT2D eigenvalue weighted by Crippen LogP contribution is 2.33. The lowest BCUT2D eigenvalue weighted by Gasteiger charge is -2.18. The molecule has 0 unspecified atom stereocenters. The SMILES string of the molecule is CCN1C(=O)Cc2cc(NS(=O)(=O)c3c(C)c(C)cc(C)c3C)ccc21. The number of carbonyl (C=O) groups excluding carboxylic acids is 1. The zero-order chi connectivity index (χ0) is 19.2. The lowest BCUT2D eigenvalue weighted by Crippen LogP contribution is -2.25. The Kier molecular flexibility index (Phi) is 4.56. The van der Waals surface area contributed by atoms with Gasteiger partial charge in [0.1, 0.15) is 0 Å². The van der Waals surface area contributed by atoms with Gasteiger partial charge in [-0.3, -0.25) is 9.52 Å². The minimum absolute atomic E-state index is 0.0449. The number of sulfonamides is 1. The van der Waals surface area contributed by atoms with E-state index in [0.717, 1.165) is 33.5 Å². The Balaban J connectivity index is 2.00. The molecule has 138 valence electrons. The van der Waals surface area contributed by atoms with Gasteiger partial charge < -0.3 is 4.90 Å². The van der Waals surface area contributed by atoms with Crippen LogP contribution in [0.15, 0.2) is 29.2 Å². The Hall–Kier alpha value is -2.34. The molecule has 3 rings (SSSR count). The van der Waals surface area contributed by atoms with Crippen molar-refractivity contribution in [3.8, 4) is 0 Å². The molecule has 1 aliphatic heterocycles. The van der Waals surface area contributed by atoms with Crippen LogP contribution in [0.25, 0.3) is 0 Å². The van der Waals surface area contributed by atoms with Gasteiger partial charge in [0.25, 0.3) is 10.0 Å². The molecule has 0 bridgehead atoms. The largest absolute Gasteiger partial charge is 0.312 e. The van der Waals surface area contributed by atoms with Crippen molar-refractivity contribution in [2.45, 2.75) is 45.9 Å². The van der Waals surface area contributed by atoms with E-state index in [1.165, 1.54) is 0 Å². The van der Waals surface area contributed by atoms with Gasteiger partial charge in [-0.25, -0.2) is 8.42 Å². The highest BCUT2D eigenvalue weighted by Gasteiger charge is 2.27. The number of carbonyl (C=O) groups is 1. The second-order valence-corrected chi connectivity index (χ2v) is 8.47. The van der Waals surface area contributed by atoms with Crippen molar-refractivity contribution in [2.24, 2.45) is 0 Å². The molecule has 0 aliphatic carbocycles. The summed E-state index contributed by atoms with van der Waals surface area (Å²) in [5.74, 6) is 0.0449. The summed E-state index contributed by atoms with van der Waals surface area (Å²) in [7, 11) is -3.72. The number of hydrogen-bond acceptors (Lipinski definition) is 3. The van der Waals surface area contributed by atoms with E-state index in [-0.39, 0.29) is 5.91 Å². The summed E-state index contributed by atoms with van der Waals surface area (Å²) in [5, 5.41) is 0. The van der Waals surface area contributed by atoms with E-state index in [9.17, 15) is 13.2 Å². The van der Waals surface area contributed by atoms with Gasteiger partial charge in [-0.2, -0.15) is 0 Å². The summed E-state index contributed by atoms with van der Waals surface area (Å²) < 4.78 is 28.8. The summed E-state index contributed by atoms with van der Waals surface area (Å²) in [4.78, 5) is 14.1. The average molecular weight is 372 g/mol. The fourth-order valence-corrected chi connectivity index (χ4v) is 5.25. The van der Waals surface area contributed by atoms with Crippen molar-refractivity contribution in [1.29, 1.82) is 0 Å². The number of nitrogens with one attached hydrogen (secondary N) is 1. The van der Waals surface area contributed by atoms with Crippen LogP contribution in [0.5, 0.6) is 0 Å².